The molecular weight excluding hydrogens is 483 g/mol. The molecule has 39 heavy (non-hydrogen) atoms. The van der Waals surface area contributed by atoms with E-state index in [2.05, 4.69) is 91.8 Å². The summed E-state index contributed by atoms with van der Waals surface area (Å²) < 4.78 is 25.2. The molecule has 0 amide bonds. The molecule has 2 aromatic carbocycles. The maximum atomic E-state index is 6.61. The van der Waals surface area contributed by atoms with Gasteiger partial charge in [-0.1, -0.05) is 51.1 Å². The average molecular weight is 529 g/mol. The van der Waals surface area contributed by atoms with Crippen LogP contribution in [-0.4, -0.2) is 32.2 Å². The Labute approximate surface area is 235 Å². The number of methoxy groups -OCH3 is 1. The Balaban J connectivity index is 1.39. The van der Waals surface area contributed by atoms with E-state index in [1.54, 1.807) is 7.11 Å². The number of benzene rings is 2. The van der Waals surface area contributed by atoms with E-state index in [9.17, 15) is 0 Å². The van der Waals surface area contributed by atoms with Crippen molar-refractivity contribution in [3.05, 3.63) is 47.5 Å². The lowest BCUT2D eigenvalue weighted by atomic mass is 9.21. The van der Waals surface area contributed by atoms with E-state index in [1.165, 1.54) is 43.2 Å². The van der Waals surface area contributed by atoms with Gasteiger partial charge in [-0.05, 0) is 111 Å². The smallest absolute Gasteiger partial charge is 0.467 e. The third kappa shape index (κ3) is 2.98. The zero-order valence-electron chi connectivity index (χ0n) is 25.4. The molecule has 5 fully saturated rings. The Bertz CT molecular complexity index is 1340. The number of fused-ring (bicyclic) bond motifs is 1. The number of ether oxygens (including phenoxy) is 2. The Morgan fingerprint density at radius 2 is 1.36 bits per heavy atom. The monoisotopic (exact) mass is 528 g/mol. The van der Waals surface area contributed by atoms with Gasteiger partial charge in [0.1, 0.15) is 5.75 Å². The molecular formula is C34H45BO4. The molecule has 0 N–H and O–H groups in total. The lowest BCUT2D eigenvalue weighted by Crippen LogP contribution is -2.76. The van der Waals surface area contributed by atoms with Crippen LogP contribution in [0.3, 0.4) is 0 Å². The summed E-state index contributed by atoms with van der Waals surface area (Å²) in [5.41, 5.74) is 7.12. The van der Waals surface area contributed by atoms with Gasteiger partial charge < -0.3 is 18.8 Å². The molecule has 208 valence electrons. The molecule has 2 bridgehead atoms. The fourth-order valence-electron chi connectivity index (χ4n) is 11.5. The summed E-state index contributed by atoms with van der Waals surface area (Å²) in [6, 6.07) is 13.3. The van der Waals surface area contributed by atoms with Crippen LogP contribution in [0.1, 0.15) is 91.7 Å². The predicted molar refractivity (Wildman–Crippen MR) is 156 cm³/mol. The highest BCUT2D eigenvalue weighted by Gasteiger charge is 2.91. The normalized spacial score (nSPS) is 40.3. The fourth-order valence-corrected chi connectivity index (χ4v) is 11.5. The molecule has 5 heteroatoms. The van der Waals surface area contributed by atoms with Gasteiger partial charge in [0, 0.05) is 23.7 Å². The molecule has 1 heterocycles. The first kappa shape index (κ1) is 26.1. The van der Waals surface area contributed by atoms with Gasteiger partial charge in [-0.2, -0.15) is 0 Å². The summed E-state index contributed by atoms with van der Waals surface area (Å²) in [6.07, 6.45) is 6.55. The Hall–Kier alpha value is -1.82. The van der Waals surface area contributed by atoms with E-state index < -0.39 is 18.3 Å². The van der Waals surface area contributed by atoms with Gasteiger partial charge in [-0.15, -0.1) is 0 Å². The van der Waals surface area contributed by atoms with E-state index in [0.717, 1.165) is 22.3 Å². The molecule has 1 spiro atoms. The van der Waals surface area contributed by atoms with Crippen molar-refractivity contribution < 1.29 is 18.8 Å². The highest BCUT2D eigenvalue weighted by molar-refractivity contribution is 6.64. The Kier molecular flexibility index (Phi) is 5.03. The van der Waals surface area contributed by atoms with Crippen LogP contribution in [-0.2, 0) is 19.5 Å². The first-order valence-electron chi connectivity index (χ1n) is 14.9. The van der Waals surface area contributed by atoms with Crippen molar-refractivity contribution in [3.8, 4) is 16.9 Å². The van der Waals surface area contributed by atoms with Gasteiger partial charge >= 0.3 is 7.12 Å². The molecule has 4 nitrogen and oxygen atoms in total. The number of hydrogen-bond donors (Lipinski definition) is 0. The molecule has 0 aromatic heterocycles. The average Bonchev–Trinajstić information content (AvgIpc) is 3.33. The standard InChI is InChI=1S/C34H45BO4/c1-22-14-24(23-12-10-11-13-26(23)35-38-28(2,3)29(4,5)39-35)27(37-21-36-9)25(15-22)33-18-31(7)16-30(6)17-32(8,19-33)34(30,31)20-33/h10-15H,16-21H2,1-9H3. The zero-order valence-corrected chi connectivity index (χ0v) is 25.4. The molecule has 1 saturated heterocycles. The second-order valence-corrected chi connectivity index (χ2v) is 15.7. The summed E-state index contributed by atoms with van der Waals surface area (Å²) in [4.78, 5) is 0. The third-order valence-electron chi connectivity index (χ3n) is 12.6. The Morgan fingerprint density at radius 1 is 0.769 bits per heavy atom. The second kappa shape index (κ2) is 7.52. The largest absolute Gasteiger partial charge is 0.495 e. The van der Waals surface area contributed by atoms with Crippen LogP contribution in [0.2, 0.25) is 0 Å². The van der Waals surface area contributed by atoms with Gasteiger partial charge in [0.2, 0.25) is 0 Å². The molecule has 5 aliphatic rings. The quantitative estimate of drug-likeness (QED) is 0.294. The van der Waals surface area contributed by atoms with Crippen molar-refractivity contribution in [1.82, 2.24) is 0 Å². The van der Waals surface area contributed by atoms with E-state index in [4.69, 9.17) is 18.8 Å². The topological polar surface area (TPSA) is 36.9 Å². The van der Waals surface area contributed by atoms with Crippen LogP contribution in [0.5, 0.6) is 5.75 Å². The van der Waals surface area contributed by atoms with Crippen LogP contribution >= 0.6 is 0 Å². The Morgan fingerprint density at radius 3 is 1.92 bits per heavy atom. The van der Waals surface area contributed by atoms with Gasteiger partial charge in [0.25, 0.3) is 0 Å². The minimum atomic E-state index is -0.439. The van der Waals surface area contributed by atoms with Crippen molar-refractivity contribution in [2.45, 2.75) is 104 Å². The summed E-state index contributed by atoms with van der Waals surface area (Å²) in [5, 5.41) is 0. The maximum Gasteiger partial charge on any atom is 0.495 e. The molecule has 7 rings (SSSR count). The number of hydrogen-bond acceptors (Lipinski definition) is 4. The number of aryl methyl sites for hydroxylation is 1. The third-order valence-corrected chi connectivity index (χ3v) is 12.6. The van der Waals surface area contributed by atoms with Crippen LogP contribution in [0, 0.1) is 28.6 Å². The molecule has 2 atom stereocenters. The minimum Gasteiger partial charge on any atom is -0.467 e. The summed E-state index contributed by atoms with van der Waals surface area (Å²) in [5.74, 6) is 0.985. The lowest BCUT2D eigenvalue weighted by Gasteiger charge is -2.83. The SMILES string of the molecule is COCOc1c(-c2ccccc2B2OC(C)(C)C(C)(C)O2)cc(C)cc1C12CC3(C)CC4(C)CC(C)(C1)C34C2. The maximum absolute atomic E-state index is 6.61. The van der Waals surface area contributed by atoms with Crippen molar-refractivity contribution >= 4 is 12.6 Å². The van der Waals surface area contributed by atoms with E-state index in [0.29, 0.717) is 21.7 Å². The van der Waals surface area contributed by atoms with Crippen LogP contribution in [0.15, 0.2) is 36.4 Å². The molecule has 0 radical (unpaired) electrons. The van der Waals surface area contributed by atoms with Crippen molar-refractivity contribution in [2.75, 3.05) is 13.9 Å². The van der Waals surface area contributed by atoms with Crippen molar-refractivity contribution in [2.24, 2.45) is 21.7 Å². The van der Waals surface area contributed by atoms with Gasteiger partial charge in [-0.25, -0.2) is 0 Å². The summed E-state index contributed by atoms with van der Waals surface area (Å²) in [6.45, 7) is 18.7. The van der Waals surface area contributed by atoms with Gasteiger partial charge in [0.05, 0.1) is 11.2 Å². The molecule has 4 aliphatic carbocycles. The van der Waals surface area contributed by atoms with Gasteiger partial charge in [-0.3, -0.25) is 0 Å². The van der Waals surface area contributed by atoms with E-state index >= 15 is 0 Å². The minimum absolute atomic E-state index is 0.140. The second-order valence-electron chi connectivity index (χ2n) is 15.7. The van der Waals surface area contributed by atoms with Crippen LogP contribution < -0.4 is 10.2 Å². The van der Waals surface area contributed by atoms with E-state index in [-0.39, 0.29) is 12.2 Å². The first-order chi connectivity index (χ1) is 18.2. The molecule has 1 aliphatic heterocycles. The predicted octanol–water partition coefficient (Wildman–Crippen LogP) is 7.19. The van der Waals surface area contributed by atoms with Crippen LogP contribution in [0.25, 0.3) is 11.1 Å². The summed E-state index contributed by atoms with van der Waals surface area (Å²) >= 11 is 0. The number of rotatable bonds is 6. The highest BCUT2D eigenvalue weighted by atomic mass is 16.7. The highest BCUT2D eigenvalue weighted by Crippen LogP contribution is 2.98. The summed E-state index contributed by atoms with van der Waals surface area (Å²) in [7, 11) is 1.27. The molecule has 2 aromatic rings. The zero-order chi connectivity index (χ0) is 27.9. The van der Waals surface area contributed by atoms with Crippen molar-refractivity contribution in [1.29, 1.82) is 0 Å². The molecule has 2 unspecified atom stereocenters. The van der Waals surface area contributed by atoms with Crippen LogP contribution in [0.4, 0.5) is 0 Å². The fraction of sp³-hybridized carbons (Fsp3) is 0.647. The van der Waals surface area contributed by atoms with E-state index in [1.807, 2.05) is 0 Å². The first-order valence-corrected chi connectivity index (χ1v) is 14.9. The lowest BCUT2D eigenvalue weighted by molar-refractivity contribution is -0.345. The molecule has 4 saturated carbocycles. The van der Waals surface area contributed by atoms with Gasteiger partial charge in [0.15, 0.2) is 6.79 Å². The van der Waals surface area contributed by atoms with Crippen molar-refractivity contribution in [3.63, 3.8) is 0 Å².